The van der Waals surface area contributed by atoms with E-state index in [4.69, 9.17) is 15.7 Å². The molecule has 0 aliphatic heterocycles. The summed E-state index contributed by atoms with van der Waals surface area (Å²) in [5, 5.41) is 11.9. The van der Waals surface area contributed by atoms with Gasteiger partial charge in [0, 0.05) is 5.69 Å². The number of methoxy groups -OCH3 is 1. The van der Waals surface area contributed by atoms with E-state index in [0.29, 0.717) is 17.1 Å². The zero-order valence-corrected chi connectivity index (χ0v) is 9.71. The van der Waals surface area contributed by atoms with Crippen molar-refractivity contribution in [2.45, 2.75) is 0 Å². The van der Waals surface area contributed by atoms with Crippen molar-refractivity contribution in [1.82, 2.24) is 9.97 Å². The predicted molar refractivity (Wildman–Crippen MR) is 67.4 cm³/mol. The highest BCUT2D eigenvalue weighted by Gasteiger charge is 2.09. The zero-order valence-electron chi connectivity index (χ0n) is 9.71. The van der Waals surface area contributed by atoms with Gasteiger partial charge in [-0.1, -0.05) is 6.07 Å². The van der Waals surface area contributed by atoms with Crippen LogP contribution in [0.4, 0.5) is 17.3 Å². The second kappa shape index (κ2) is 5.01. The summed E-state index contributed by atoms with van der Waals surface area (Å²) in [7, 11) is 1.49. The molecule has 6 nitrogen and oxygen atoms in total. The maximum atomic E-state index is 8.82. The van der Waals surface area contributed by atoms with E-state index in [1.165, 1.54) is 13.4 Å². The number of rotatable bonds is 3. The molecule has 1 heterocycles. The van der Waals surface area contributed by atoms with Gasteiger partial charge in [-0.2, -0.15) is 5.26 Å². The molecule has 90 valence electrons. The Morgan fingerprint density at radius 2 is 2.22 bits per heavy atom. The third-order valence-electron chi connectivity index (χ3n) is 2.29. The lowest BCUT2D eigenvalue weighted by Crippen LogP contribution is -2.02. The quantitative estimate of drug-likeness (QED) is 0.848. The molecule has 0 amide bonds. The zero-order chi connectivity index (χ0) is 13.0. The van der Waals surface area contributed by atoms with Crippen LogP contribution in [0, 0.1) is 11.3 Å². The molecule has 0 fully saturated rings. The minimum Gasteiger partial charge on any atom is -0.490 e. The number of nitrogens with one attached hydrogen (secondary N) is 1. The smallest absolute Gasteiger partial charge is 0.204 e. The Morgan fingerprint density at radius 3 is 2.94 bits per heavy atom. The van der Waals surface area contributed by atoms with E-state index >= 15 is 0 Å². The number of benzene rings is 1. The maximum Gasteiger partial charge on any atom is 0.204 e. The molecule has 0 bridgehead atoms. The van der Waals surface area contributed by atoms with Crippen molar-refractivity contribution >= 4 is 17.3 Å². The average molecular weight is 241 g/mol. The largest absolute Gasteiger partial charge is 0.490 e. The van der Waals surface area contributed by atoms with Crippen LogP contribution in [0.5, 0.6) is 5.75 Å². The Balaban J connectivity index is 2.34. The van der Waals surface area contributed by atoms with E-state index in [1.807, 2.05) is 6.07 Å². The van der Waals surface area contributed by atoms with Gasteiger partial charge in [0.05, 0.1) is 18.7 Å². The first kappa shape index (κ1) is 11.7. The molecule has 0 atom stereocenters. The number of anilines is 3. The highest BCUT2D eigenvalue weighted by Crippen LogP contribution is 2.29. The van der Waals surface area contributed by atoms with Gasteiger partial charge in [-0.25, -0.2) is 9.97 Å². The van der Waals surface area contributed by atoms with Gasteiger partial charge in [-0.3, -0.25) is 0 Å². The summed E-state index contributed by atoms with van der Waals surface area (Å²) in [6.07, 6.45) is 1.34. The highest BCUT2D eigenvalue weighted by atomic mass is 16.5. The summed E-state index contributed by atoms with van der Waals surface area (Å²) in [5.74, 6) is 1.09. The Labute approximate surface area is 104 Å². The van der Waals surface area contributed by atoms with Gasteiger partial charge in [0.1, 0.15) is 6.33 Å². The van der Waals surface area contributed by atoms with Gasteiger partial charge in [-0.05, 0) is 18.2 Å². The van der Waals surface area contributed by atoms with Gasteiger partial charge < -0.3 is 15.8 Å². The van der Waals surface area contributed by atoms with E-state index in [0.717, 1.165) is 5.69 Å². The number of ether oxygens (including phenoxy) is 1. The van der Waals surface area contributed by atoms with Crippen molar-refractivity contribution in [2.75, 3.05) is 18.2 Å². The van der Waals surface area contributed by atoms with Crippen molar-refractivity contribution in [2.24, 2.45) is 0 Å². The highest BCUT2D eigenvalue weighted by molar-refractivity contribution is 5.68. The summed E-state index contributed by atoms with van der Waals surface area (Å²) >= 11 is 0. The van der Waals surface area contributed by atoms with Crippen LogP contribution in [0.1, 0.15) is 5.56 Å². The topological polar surface area (TPSA) is 96.8 Å². The van der Waals surface area contributed by atoms with Crippen molar-refractivity contribution in [3.8, 4) is 11.8 Å². The lowest BCUT2D eigenvalue weighted by Gasteiger charge is -2.10. The van der Waals surface area contributed by atoms with Gasteiger partial charge in [-0.15, -0.1) is 0 Å². The molecule has 18 heavy (non-hydrogen) atoms. The van der Waals surface area contributed by atoms with Crippen LogP contribution < -0.4 is 15.8 Å². The molecule has 0 saturated carbocycles. The molecule has 6 heteroatoms. The summed E-state index contributed by atoms with van der Waals surface area (Å²) in [5.41, 5.74) is 6.96. The van der Waals surface area contributed by atoms with Gasteiger partial charge in [0.2, 0.25) is 5.75 Å². The molecule has 0 aliphatic carbocycles. The number of nitrogens with two attached hydrogens (primary N) is 1. The SMILES string of the molecule is COc1c(N)ncnc1Nc1cccc(C#N)c1. The molecule has 0 unspecified atom stereocenters. The van der Waals surface area contributed by atoms with Crippen molar-refractivity contribution in [1.29, 1.82) is 5.26 Å². The molecule has 0 spiro atoms. The van der Waals surface area contributed by atoms with E-state index in [2.05, 4.69) is 21.4 Å². The number of aromatic nitrogens is 2. The molecule has 3 N–H and O–H groups in total. The van der Waals surface area contributed by atoms with Crippen LogP contribution in [0.15, 0.2) is 30.6 Å². The van der Waals surface area contributed by atoms with Crippen molar-refractivity contribution in [3.63, 3.8) is 0 Å². The first-order valence-corrected chi connectivity index (χ1v) is 5.16. The van der Waals surface area contributed by atoms with E-state index in [9.17, 15) is 0 Å². The fraction of sp³-hybridized carbons (Fsp3) is 0.0833. The molecule has 2 aromatic rings. The monoisotopic (exact) mass is 241 g/mol. The van der Waals surface area contributed by atoms with Gasteiger partial charge in [0.25, 0.3) is 0 Å². The van der Waals surface area contributed by atoms with Gasteiger partial charge >= 0.3 is 0 Å². The molecule has 0 radical (unpaired) electrons. The summed E-state index contributed by atoms with van der Waals surface area (Å²) in [4.78, 5) is 7.89. The first-order valence-electron chi connectivity index (χ1n) is 5.16. The van der Waals surface area contributed by atoms with E-state index < -0.39 is 0 Å². The van der Waals surface area contributed by atoms with Crippen LogP contribution in [-0.4, -0.2) is 17.1 Å². The lowest BCUT2D eigenvalue weighted by atomic mass is 10.2. The van der Waals surface area contributed by atoms with Crippen LogP contribution in [0.3, 0.4) is 0 Å². The van der Waals surface area contributed by atoms with Crippen molar-refractivity contribution in [3.05, 3.63) is 36.2 Å². The minimum atomic E-state index is 0.256. The van der Waals surface area contributed by atoms with Crippen LogP contribution in [0.2, 0.25) is 0 Å². The Morgan fingerprint density at radius 1 is 1.39 bits per heavy atom. The third-order valence-corrected chi connectivity index (χ3v) is 2.29. The van der Waals surface area contributed by atoms with Crippen LogP contribution in [-0.2, 0) is 0 Å². The molecule has 2 rings (SSSR count). The molecule has 0 saturated heterocycles. The standard InChI is InChI=1S/C12H11N5O/c1-18-10-11(14)15-7-16-12(10)17-9-4-2-3-8(5-9)6-13/h2-5,7H,1H3,(H3,14,15,16,17). The van der Waals surface area contributed by atoms with E-state index in [-0.39, 0.29) is 5.82 Å². The first-order chi connectivity index (χ1) is 8.74. The molecular formula is C12H11N5O. The number of nitrogens with zero attached hydrogens (tertiary/aromatic N) is 3. The molecule has 0 aliphatic rings. The Kier molecular flexibility index (Phi) is 3.25. The summed E-state index contributed by atoms with van der Waals surface area (Å²) in [6.45, 7) is 0. The van der Waals surface area contributed by atoms with Crippen LogP contribution >= 0.6 is 0 Å². The molecule has 1 aromatic carbocycles. The maximum absolute atomic E-state index is 8.82. The normalized spacial score (nSPS) is 9.56. The number of hydrogen-bond donors (Lipinski definition) is 2. The van der Waals surface area contributed by atoms with Crippen molar-refractivity contribution < 1.29 is 4.74 Å². The van der Waals surface area contributed by atoms with E-state index in [1.54, 1.807) is 18.2 Å². The fourth-order valence-corrected chi connectivity index (χ4v) is 1.48. The molecular weight excluding hydrogens is 230 g/mol. The Bertz CT molecular complexity index is 606. The number of nitriles is 1. The lowest BCUT2D eigenvalue weighted by molar-refractivity contribution is 0.415. The fourth-order valence-electron chi connectivity index (χ4n) is 1.48. The number of hydrogen-bond acceptors (Lipinski definition) is 6. The Hall–Kier alpha value is -2.81. The molecule has 1 aromatic heterocycles. The van der Waals surface area contributed by atoms with Gasteiger partial charge in [0.15, 0.2) is 11.6 Å². The summed E-state index contributed by atoms with van der Waals surface area (Å²) in [6, 6.07) is 9.08. The summed E-state index contributed by atoms with van der Waals surface area (Å²) < 4.78 is 5.13. The third kappa shape index (κ3) is 2.30. The second-order valence-corrected chi connectivity index (χ2v) is 3.46. The average Bonchev–Trinajstić information content (AvgIpc) is 2.39. The number of nitrogen functional groups attached to an aromatic ring is 1. The predicted octanol–water partition coefficient (Wildman–Crippen LogP) is 1.68. The minimum absolute atomic E-state index is 0.256. The van der Waals surface area contributed by atoms with Crippen LogP contribution in [0.25, 0.3) is 0 Å². The second-order valence-electron chi connectivity index (χ2n) is 3.46.